The second-order valence-corrected chi connectivity index (χ2v) is 6.90. The Morgan fingerprint density at radius 1 is 1.03 bits per heavy atom. The Balaban J connectivity index is 1.73. The fraction of sp³-hybridized carbons (Fsp3) is 0.208. The van der Waals surface area contributed by atoms with Gasteiger partial charge in [-0.25, -0.2) is 0 Å². The standard InChI is InChI=1S/C24H25N5O/c1-4-29(5-2)22-10-11-23(17(3)12-22)27-21-13-19(15-26-16-21)24(30)28-20-8-6-18(14-25)7-9-20/h6-13,15-16,27H,4-5H2,1-3H3,(H,28,30). The predicted octanol–water partition coefficient (Wildman–Crippen LogP) is 5.10. The van der Waals surface area contributed by atoms with E-state index in [2.05, 4.69) is 59.5 Å². The van der Waals surface area contributed by atoms with Crippen molar-refractivity contribution in [3.05, 3.63) is 77.6 Å². The summed E-state index contributed by atoms with van der Waals surface area (Å²) in [6, 6.07) is 16.9. The van der Waals surface area contributed by atoms with Crippen molar-refractivity contribution in [1.29, 1.82) is 5.26 Å². The van der Waals surface area contributed by atoms with Crippen LogP contribution in [0, 0.1) is 18.3 Å². The van der Waals surface area contributed by atoms with Crippen molar-refractivity contribution in [2.45, 2.75) is 20.8 Å². The van der Waals surface area contributed by atoms with Crippen molar-refractivity contribution in [2.75, 3.05) is 28.6 Å². The predicted molar refractivity (Wildman–Crippen MR) is 121 cm³/mol. The molecule has 0 unspecified atom stereocenters. The van der Waals surface area contributed by atoms with Gasteiger partial charge >= 0.3 is 0 Å². The van der Waals surface area contributed by atoms with Gasteiger partial charge in [0.15, 0.2) is 0 Å². The van der Waals surface area contributed by atoms with Gasteiger partial charge in [0.05, 0.1) is 29.1 Å². The van der Waals surface area contributed by atoms with E-state index >= 15 is 0 Å². The number of aryl methyl sites for hydroxylation is 1. The van der Waals surface area contributed by atoms with Crippen LogP contribution in [0.5, 0.6) is 0 Å². The summed E-state index contributed by atoms with van der Waals surface area (Å²) in [5.74, 6) is -0.260. The molecule has 0 atom stereocenters. The van der Waals surface area contributed by atoms with E-state index in [9.17, 15) is 4.79 Å². The minimum atomic E-state index is -0.260. The number of benzene rings is 2. The number of anilines is 4. The highest BCUT2D eigenvalue weighted by molar-refractivity contribution is 6.04. The Kier molecular flexibility index (Phi) is 6.66. The lowest BCUT2D eigenvalue weighted by atomic mass is 10.1. The summed E-state index contributed by atoms with van der Waals surface area (Å²) in [5, 5.41) is 15.0. The molecular formula is C24H25N5O. The van der Waals surface area contributed by atoms with Crippen LogP contribution in [0.2, 0.25) is 0 Å². The molecule has 1 aromatic heterocycles. The fourth-order valence-corrected chi connectivity index (χ4v) is 3.19. The molecule has 0 aliphatic rings. The van der Waals surface area contributed by atoms with E-state index < -0.39 is 0 Å². The Morgan fingerprint density at radius 3 is 2.40 bits per heavy atom. The lowest BCUT2D eigenvalue weighted by Gasteiger charge is -2.22. The molecule has 0 fully saturated rings. The molecule has 0 aliphatic carbocycles. The molecule has 0 bridgehead atoms. The quantitative estimate of drug-likeness (QED) is 0.577. The van der Waals surface area contributed by atoms with Gasteiger partial charge in [-0.05, 0) is 74.9 Å². The van der Waals surface area contributed by atoms with Gasteiger partial charge in [0.25, 0.3) is 5.91 Å². The van der Waals surface area contributed by atoms with Crippen molar-refractivity contribution >= 4 is 28.7 Å². The molecule has 6 heteroatoms. The van der Waals surface area contributed by atoms with Crippen LogP contribution in [-0.4, -0.2) is 24.0 Å². The summed E-state index contributed by atoms with van der Waals surface area (Å²) in [6.07, 6.45) is 3.22. The summed E-state index contributed by atoms with van der Waals surface area (Å²) in [7, 11) is 0. The van der Waals surface area contributed by atoms with Crippen molar-refractivity contribution in [3.63, 3.8) is 0 Å². The van der Waals surface area contributed by atoms with Gasteiger partial charge in [-0.1, -0.05) is 0 Å². The molecule has 3 aromatic rings. The summed E-state index contributed by atoms with van der Waals surface area (Å²) in [6.45, 7) is 8.27. The second-order valence-electron chi connectivity index (χ2n) is 6.90. The van der Waals surface area contributed by atoms with E-state index in [1.807, 2.05) is 6.07 Å². The fourth-order valence-electron chi connectivity index (χ4n) is 3.19. The molecule has 152 valence electrons. The van der Waals surface area contributed by atoms with Crippen LogP contribution in [0.25, 0.3) is 0 Å². The largest absolute Gasteiger partial charge is 0.372 e. The molecule has 2 N–H and O–H groups in total. The third kappa shape index (κ3) is 4.95. The molecule has 1 amide bonds. The van der Waals surface area contributed by atoms with Gasteiger partial charge in [-0.3, -0.25) is 9.78 Å². The van der Waals surface area contributed by atoms with Gasteiger partial charge in [-0.15, -0.1) is 0 Å². The maximum atomic E-state index is 12.6. The highest BCUT2D eigenvalue weighted by atomic mass is 16.1. The summed E-state index contributed by atoms with van der Waals surface area (Å²) in [5.41, 5.74) is 5.63. The van der Waals surface area contributed by atoms with E-state index in [0.29, 0.717) is 16.8 Å². The number of hydrogen-bond donors (Lipinski definition) is 2. The first-order valence-corrected chi connectivity index (χ1v) is 9.93. The minimum Gasteiger partial charge on any atom is -0.372 e. The van der Waals surface area contributed by atoms with Crippen LogP contribution in [0.3, 0.4) is 0 Å². The first-order valence-electron chi connectivity index (χ1n) is 9.93. The Hall–Kier alpha value is -3.85. The number of carbonyl (C=O) groups is 1. The van der Waals surface area contributed by atoms with Crippen LogP contribution >= 0.6 is 0 Å². The zero-order chi connectivity index (χ0) is 21.5. The van der Waals surface area contributed by atoms with E-state index in [4.69, 9.17) is 5.26 Å². The SMILES string of the molecule is CCN(CC)c1ccc(Nc2cncc(C(=O)Nc3ccc(C#N)cc3)c2)c(C)c1. The monoisotopic (exact) mass is 399 g/mol. The van der Waals surface area contributed by atoms with Crippen LogP contribution in [0.1, 0.15) is 35.3 Å². The second kappa shape index (κ2) is 9.57. The molecule has 0 spiro atoms. The Morgan fingerprint density at radius 2 is 1.77 bits per heavy atom. The number of aromatic nitrogens is 1. The normalized spacial score (nSPS) is 10.2. The number of amides is 1. The van der Waals surface area contributed by atoms with Crippen molar-refractivity contribution in [2.24, 2.45) is 0 Å². The first-order chi connectivity index (χ1) is 14.5. The van der Waals surface area contributed by atoms with Gasteiger partial charge in [0, 0.05) is 36.3 Å². The van der Waals surface area contributed by atoms with Crippen LogP contribution in [-0.2, 0) is 0 Å². The summed E-state index contributed by atoms with van der Waals surface area (Å²) < 4.78 is 0. The zero-order valence-corrected chi connectivity index (χ0v) is 17.4. The average molecular weight is 399 g/mol. The van der Waals surface area contributed by atoms with Gasteiger partial charge < -0.3 is 15.5 Å². The van der Waals surface area contributed by atoms with E-state index in [1.54, 1.807) is 36.5 Å². The number of carbonyl (C=O) groups excluding carboxylic acids is 1. The van der Waals surface area contributed by atoms with Crippen molar-refractivity contribution < 1.29 is 4.79 Å². The van der Waals surface area contributed by atoms with E-state index in [1.165, 1.54) is 11.9 Å². The zero-order valence-electron chi connectivity index (χ0n) is 17.4. The van der Waals surface area contributed by atoms with Crippen LogP contribution in [0.15, 0.2) is 60.9 Å². The third-order valence-electron chi connectivity index (χ3n) is 4.89. The maximum absolute atomic E-state index is 12.6. The smallest absolute Gasteiger partial charge is 0.257 e. The first kappa shape index (κ1) is 20.9. The lowest BCUT2D eigenvalue weighted by molar-refractivity contribution is 0.102. The molecule has 0 saturated heterocycles. The number of hydrogen-bond acceptors (Lipinski definition) is 5. The topological polar surface area (TPSA) is 81.1 Å². The number of rotatable bonds is 7. The van der Waals surface area contributed by atoms with Gasteiger partial charge in [-0.2, -0.15) is 5.26 Å². The van der Waals surface area contributed by atoms with Gasteiger partial charge in [0.1, 0.15) is 0 Å². The van der Waals surface area contributed by atoms with Crippen molar-refractivity contribution in [1.82, 2.24) is 4.98 Å². The number of nitrogens with zero attached hydrogens (tertiary/aromatic N) is 3. The molecule has 0 aliphatic heterocycles. The maximum Gasteiger partial charge on any atom is 0.257 e. The highest BCUT2D eigenvalue weighted by Crippen LogP contribution is 2.26. The van der Waals surface area contributed by atoms with E-state index in [-0.39, 0.29) is 5.91 Å². The van der Waals surface area contributed by atoms with Crippen LogP contribution in [0.4, 0.5) is 22.7 Å². The summed E-state index contributed by atoms with van der Waals surface area (Å²) in [4.78, 5) is 19.1. The van der Waals surface area contributed by atoms with Gasteiger partial charge in [0.2, 0.25) is 0 Å². The average Bonchev–Trinajstić information content (AvgIpc) is 2.77. The number of pyridine rings is 1. The third-order valence-corrected chi connectivity index (χ3v) is 4.89. The Bertz CT molecular complexity index is 1070. The van der Waals surface area contributed by atoms with Crippen LogP contribution < -0.4 is 15.5 Å². The van der Waals surface area contributed by atoms with Crippen molar-refractivity contribution in [3.8, 4) is 6.07 Å². The molecule has 0 radical (unpaired) electrons. The molecule has 6 nitrogen and oxygen atoms in total. The molecule has 3 rings (SSSR count). The molecule has 30 heavy (non-hydrogen) atoms. The minimum absolute atomic E-state index is 0.260. The molecule has 1 heterocycles. The molecule has 2 aromatic carbocycles. The highest BCUT2D eigenvalue weighted by Gasteiger charge is 2.10. The van der Waals surface area contributed by atoms with E-state index in [0.717, 1.165) is 30.0 Å². The number of nitrogens with one attached hydrogen (secondary N) is 2. The number of nitriles is 1. The summed E-state index contributed by atoms with van der Waals surface area (Å²) >= 11 is 0. The lowest BCUT2D eigenvalue weighted by Crippen LogP contribution is -2.21. The molecule has 0 saturated carbocycles. The Labute approximate surface area is 177 Å². The molecular weight excluding hydrogens is 374 g/mol.